The van der Waals surface area contributed by atoms with Crippen molar-refractivity contribution in [1.29, 1.82) is 0 Å². The minimum absolute atomic E-state index is 0.433. The number of guanidine groups is 1. The highest BCUT2D eigenvalue weighted by molar-refractivity contribution is 5.79. The summed E-state index contributed by atoms with van der Waals surface area (Å²) in [6.45, 7) is 7.57. The van der Waals surface area contributed by atoms with E-state index >= 15 is 0 Å². The SMILES string of the molecule is CCNC(=NCc1cc(OC)c(OC)c(OC)c1)NCC(O)(CC)CC. The summed E-state index contributed by atoms with van der Waals surface area (Å²) in [6, 6.07) is 3.76. The van der Waals surface area contributed by atoms with Gasteiger partial charge in [0.15, 0.2) is 17.5 Å². The molecule has 1 aromatic rings. The zero-order valence-corrected chi connectivity index (χ0v) is 16.8. The predicted molar refractivity (Wildman–Crippen MR) is 104 cm³/mol. The molecule has 148 valence electrons. The Hall–Kier alpha value is -2.15. The molecule has 0 unspecified atom stereocenters. The Kier molecular flexibility index (Phi) is 9.05. The zero-order chi connectivity index (χ0) is 19.6. The Bertz CT molecular complexity index is 561. The largest absolute Gasteiger partial charge is 0.493 e. The number of hydrogen-bond donors (Lipinski definition) is 3. The maximum atomic E-state index is 10.4. The highest BCUT2D eigenvalue weighted by Gasteiger charge is 2.22. The average molecular weight is 367 g/mol. The van der Waals surface area contributed by atoms with Gasteiger partial charge >= 0.3 is 0 Å². The number of ether oxygens (including phenoxy) is 3. The van der Waals surface area contributed by atoms with E-state index in [-0.39, 0.29) is 0 Å². The Morgan fingerprint density at radius 3 is 2.00 bits per heavy atom. The predicted octanol–water partition coefficient (Wildman–Crippen LogP) is 2.32. The summed E-state index contributed by atoms with van der Waals surface area (Å²) < 4.78 is 16.1. The van der Waals surface area contributed by atoms with Gasteiger partial charge in [0.05, 0.1) is 33.5 Å². The number of nitrogens with one attached hydrogen (secondary N) is 2. The lowest BCUT2D eigenvalue weighted by Gasteiger charge is -2.26. The molecule has 0 fully saturated rings. The first-order valence-electron chi connectivity index (χ1n) is 9.00. The lowest BCUT2D eigenvalue weighted by Crippen LogP contribution is -2.46. The van der Waals surface area contributed by atoms with Gasteiger partial charge < -0.3 is 30.0 Å². The van der Waals surface area contributed by atoms with Gasteiger partial charge in [-0.1, -0.05) is 13.8 Å². The smallest absolute Gasteiger partial charge is 0.203 e. The van der Waals surface area contributed by atoms with Crippen molar-refractivity contribution >= 4 is 5.96 Å². The standard InChI is InChI=1S/C19H33N3O4/c1-7-19(23,8-2)13-22-18(20-9-3)21-12-14-10-15(24-4)17(26-6)16(11-14)25-5/h10-11,23H,7-9,12-13H2,1-6H3,(H2,20,21,22). The molecule has 0 radical (unpaired) electrons. The molecule has 0 bridgehead atoms. The number of aliphatic hydroxyl groups is 1. The molecule has 7 heteroatoms. The molecule has 0 atom stereocenters. The summed E-state index contributed by atoms with van der Waals surface area (Å²) in [7, 11) is 4.76. The van der Waals surface area contributed by atoms with Crippen LogP contribution in [0.15, 0.2) is 17.1 Å². The number of hydrogen-bond acceptors (Lipinski definition) is 5. The fourth-order valence-corrected chi connectivity index (χ4v) is 2.49. The summed E-state index contributed by atoms with van der Waals surface area (Å²) in [4.78, 5) is 4.59. The molecule has 0 aromatic heterocycles. The second-order valence-corrected chi connectivity index (χ2v) is 6.01. The van der Waals surface area contributed by atoms with E-state index in [0.29, 0.717) is 49.1 Å². The van der Waals surface area contributed by atoms with Crippen LogP contribution in [0.2, 0.25) is 0 Å². The van der Waals surface area contributed by atoms with E-state index in [1.165, 1.54) is 0 Å². The van der Waals surface area contributed by atoms with E-state index in [4.69, 9.17) is 14.2 Å². The van der Waals surface area contributed by atoms with Crippen LogP contribution in [0, 0.1) is 0 Å². The summed E-state index contributed by atoms with van der Waals surface area (Å²) in [5.74, 6) is 2.41. The minimum Gasteiger partial charge on any atom is -0.493 e. The molecule has 0 aliphatic heterocycles. The highest BCUT2D eigenvalue weighted by atomic mass is 16.5. The topological polar surface area (TPSA) is 84.3 Å². The van der Waals surface area contributed by atoms with Crippen LogP contribution >= 0.6 is 0 Å². The Morgan fingerprint density at radius 2 is 1.58 bits per heavy atom. The summed E-state index contributed by atoms with van der Waals surface area (Å²) in [5.41, 5.74) is 0.195. The molecule has 1 rings (SSSR count). The Labute approximate surface area is 156 Å². The molecule has 0 spiro atoms. The third kappa shape index (κ3) is 5.98. The van der Waals surface area contributed by atoms with E-state index in [1.807, 2.05) is 32.9 Å². The van der Waals surface area contributed by atoms with Crippen molar-refractivity contribution in [1.82, 2.24) is 10.6 Å². The van der Waals surface area contributed by atoms with E-state index in [2.05, 4.69) is 15.6 Å². The van der Waals surface area contributed by atoms with Crippen LogP contribution in [-0.2, 0) is 6.54 Å². The van der Waals surface area contributed by atoms with E-state index in [1.54, 1.807) is 21.3 Å². The average Bonchev–Trinajstić information content (AvgIpc) is 2.68. The molecule has 7 nitrogen and oxygen atoms in total. The van der Waals surface area contributed by atoms with E-state index < -0.39 is 5.60 Å². The molecule has 0 saturated heterocycles. The molecule has 0 heterocycles. The molecule has 0 saturated carbocycles. The van der Waals surface area contributed by atoms with E-state index in [9.17, 15) is 5.11 Å². The van der Waals surface area contributed by atoms with Crippen molar-refractivity contribution in [3.63, 3.8) is 0 Å². The second-order valence-electron chi connectivity index (χ2n) is 6.01. The fraction of sp³-hybridized carbons (Fsp3) is 0.632. The zero-order valence-electron chi connectivity index (χ0n) is 16.8. The van der Waals surface area contributed by atoms with Gasteiger partial charge in [0.2, 0.25) is 5.75 Å². The Balaban J connectivity index is 2.95. The molecular formula is C19H33N3O4. The number of rotatable bonds is 10. The van der Waals surface area contributed by atoms with Crippen molar-refractivity contribution in [3.8, 4) is 17.2 Å². The van der Waals surface area contributed by atoms with Crippen molar-refractivity contribution in [2.45, 2.75) is 45.8 Å². The number of benzene rings is 1. The maximum Gasteiger partial charge on any atom is 0.203 e. The monoisotopic (exact) mass is 367 g/mol. The van der Waals surface area contributed by atoms with Gasteiger partial charge in [-0.3, -0.25) is 0 Å². The molecular weight excluding hydrogens is 334 g/mol. The van der Waals surface area contributed by atoms with Crippen LogP contribution in [0.5, 0.6) is 17.2 Å². The van der Waals surface area contributed by atoms with Gasteiger partial charge in [-0.05, 0) is 37.5 Å². The molecule has 3 N–H and O–H groups in total. The van der Waals surface area contributed by atoms with Gasteiger partial charge in [-0.25, -0.2) is 4.99 Å². The van der Waals surface area contributed by atoms with Crippen molar-refractivity contribution in [3.05, 3.63) is 17.7 Å². The number of nitrogens with zero attached hydrogens (tertiary/aromatic N) is 1. The van der Waals surface area contributed by atoms with Crippen LogP contribution in [-0.4, -0.2) is 51.1 Å². The summed E-state index contributed by atoms with van der Waals surface area (Å²) >= 11 is 0. The van der Waals surface area contributed by atoms with Gasteiger partial charge in [-0.15, -0.1) is 0 Å². The third-order valence-corrected chi connectivity index (χ3v) is 4.39. The number of methoxy groups -OCH3 is 3. The first-order valence-corrected chi connectivity index (χ1v) is 9.00. The molecule has 0 aliphatic rings. The van der Waals surface area contributed by atoms with Gasteiger partial charge in [0, 0.05) is 13.1 Å². The first-order chi connectivity index (χ1) is 12.5. The fourth-order valence-electron chi connectivity index (χ4n) is 2.49. The molecule has 1 aromatic carbocycles. The molecule has 0 aliphatic carbocycles. The quantitative estimate of drug-likeness (QED) is 0.435. The maximum absolute atomic E-state index is 10.4. The summed E-state index contributed by atoms with van der Waals surface area (Å²) in [6.07, 6.45) is 1.37. The van der Waals surface area contributed by atoms with Crippen LogP contribution in [0.3, 0.4) is 0 Å². The van der Waals surface area contributed by atoms with Gasteiger partial charge in [0.25, 0.3) is 0 Å². The van der Waals surface area contributed by atoms with Crippen LogP contribution in [0.1, 0.15) is 39.2 Å². The summed E-state index contributed by atoms with van der Waals surface area (Å²) in [5, 5.41) is 16.8. The van der Waals surface area contributed by atoms with Gasteiger partial charge in [-0.2, -0.15) is 0 Å². The van der Waals surface area contributed by atoms with E-state index in [0.717, 1.165) is 12.1 Å². The lowest BCUT2D eigenvalue weighted by atomic mass is 9.98. The first kappa shape index (κ1) is 21.9. The van der Waals surface area contributed by atoms with Gasteiger partial charge in [0.1, 0.15) is 0 Å². The van der Waals surface area contributed by atoms with Crippen molar-refractivity contribution in [2.24, 2.45) is 4.99 Å². The van der Waals surface area contributed by atoms with Crippen molar-refractivity contribution in [2.75, 3.05) is 34.4 Å². The van der Waals surface area contributed by atoms with Crippen LogP contribution < -0.4 is 24.8 Å². The van der Waals surface area contributed by atoms with Crippen LogP contribution in [0.25, 0.3) is 0 Å². The van der Waals surface area contributed by atoms with Crippen LogP contribution in [0.4, 0.5) is 0 Å². The lowest BCUT2D eigenvalue weighted by molar-refractivity contribution is 0.0367. The molecule has 26 heavy (non-hydrogen) atoms. The molecule has 0 amide bonds. The Morgan fingerprint density at radius 1 is 1.00 bits per heavy atom. The van der Waals surface area contributed by atoms with Crippen molar-refractivity contribution < 1.29 is 19.3 Å². The normalized spacial score (nSPS) is 11.9. The number of aliphatic imine (C=N–C) groups is 1. The second kappa shape index (κ2) is 10.8. The minimum atomic E-state index is -0.733. The third-order valence-electron chi connectivity index (χ3n) is 4.39. The highest BCUT2D eigenvalue weighted by Crippen LogP contribution is 2.38.